The van der Waals surface area contributed by atoms with Crippen molar-refractivity contribution in [1.29, 1.82) is 0 Å². The van der Waals surface area contributed by atoms with Crippen molar-refractivity contribution in [2.24, 2.45) is 5.41 Å². The lowest BCUT2D eigenvalue weighted by molar-refractivity contribution is -0.422. The minimum Gasteiger partial charge on any atom is -0.327 e. The van der Waals surface area contributed by atoms with Gasteiger partial charge in [-0.2, -0.15) is 0 Å². The molecule has 0 aromatic carbocycles. The van der Waals surface area contributed by atoms with Gasteiger partial charge in [0.1, 0.15) is 5.78 Å². The smallest absolute Gasteiger partial charge is 0.284 e. The van der Waals surface area contributed by atoms with Crippen molar-refractivity contribution in [3.8, 4) is 0 Å². The van der Waals surface area contributed by atoms with E-state index in [1.807, 2.05) is 0 Å². The van der Waals surface area contributed by atoms with Crippen LogP contribution in [0.1, 0.15) is 120 Å². The third-order valence-corrected chi connectivity index (χ3v) is 6.72. The molecule has 0 N–H and O–H groups in total. The molecule has 28 heavy (non-hydrogen) atoms. The monoisotopic (exact) mass is 398 g/mol. The van der Waals surface area contributed by atoms with E-state index in [9.17, 15) is 4.79 Å². The molecule has 0 aromatic heterocycles. The van der Waals surface area contributed by atoms with Gasteiger partial charge in [0.2, 0.25) is 0 Å². The molecule has 0 saturated carbocycles. The van der Waals surface area contributed by atoms with E-state index in [1.54, 1.807) is 0 Å². The summed E-state index contributed by atoms with van der Waals surface area (Å²) in [7, 11) is 0. The van der Waals surface area contributed by atoms with E-state index in [0.29, 0.717) is 25.2 Å². The Kier molecular flexibility index (Phi) is 9.63. The molecular formula is C24H46O4. The Balaban J connectivity index is 3.08. The number of carbonyl (C=O) groups excluding carboxylic acids is 1. The third kappa shape index (κ3) is 6.53. The standard InChI is InChI=1S/C24H46O4/c1-9-15-20(25)21(6,11-3)19-23(8,13-5)28-24(17-14-18-26-24)27-22(7,12-4)16-10-2/h9-19H2,1-8H3. The summed E-state index contributed by atoms with van der Waals surface area (Å²) in [6.45, 7) is 17.7. The lowest BCUT2D eigenvalue weighted by Crippen LogP contribution is -2.51. The van der Waals surface area contributed by atoms with Crippen LogP contribution in [0.4, 0.5) is 0 Å². The molecular weight excluding hydrogens is 352 g/mol. The SMILES string of the molecule is CCCC(=O)C(C)(CC)CC(C)(CC)OC1(OC(C)(CC)CCC)CCCO1. The molecule has 166 valence electrons. The van der Waals surface area contributed by atoms with E-state index in [-0.39, 0.29) is 11.0 Å². The summed E-state index contributed by atoms with van der Waals surface area (Å²) in [6.07, 6.45) is 8.48. The van der Waals surface area contributed by atoms with Gasteiger partial charge in [0.05, 0.1) is 17.8 Å². The van der Waals surface area contributed by atoms with Gasteiger partial charge in [-0.15, -0.1) is 0 Å². The highest BCUT2D eigenvalue weighted by Gasteiger charge is 2.49. The lowest BCUT2D eigenvalue weighted by Gasteiger charge is -2.46. The molecule has 1 saturated heterocycles. The first-order valence-electron chi connectivity index (χ1n) is 11.6. The van der Waals surface area contributed by atoms with Gasteiger partial charge in [0, 0.05) is 18.3 Å². The van der Waals surface area contributed by atoms with Gasteiger partial charge in [0.25, 0.3) is 5.97 Å². The minimum absolute atomic E-state index is 0.264. The molecule has 0 bridgehead atoms. The van der Waals surface area contributed by atoms with Crippen LogP contribution in [0.5, 0.6) is 0 Å². The molecule has 1 aliphatic rings. The largest absolute Gasteiger partial charge is 0.327 e. The van der Waals surface area contributed by atoms with Gasteiger partial charge in [-0.1, -0.05) is 48.0 Å². The highest BCUT2D eigenvalue weighted by Crippen LogP contribution is 2.44. The maximum absolute atomic E-state index is 12.8. The predicted molar refractivity (Wildman–Crippen MR) is 115 cm³/mol. The fourth-order valence-corrected chi connectivity index (χ4v) is 4.36. The number of hydrogen-bond acceptors (Lipinski definition) is 4. The second-order valence-corrected chi connectivity index (χ2v) is 9.46. The minimum atomic E-state index is -0.993. The summed E-state index contributed by atoms with van der Waals surface area (Å²) in [5, 5.41) is 0. The first kappa shape index (κ1) is 25.6. The predicted octanol–water partition coefficient (Wildman–Crippen LogP) is 6.80. The Labute approximate surface area is 174 Å². The van der Waals surface area contributed by atoms with Crippen molar-refractivity contribution in [1.82, 2.24) is 0 Å². The quantitative estimate of drug-likeness (QED) is 0.302. The summed E-state index contributed by atoms with van der Waals surface area (Å²) in [4.78, 5) is 12.8. The summed E-state index contributed by atoms with van der Waals surface area (Å²) in [6, 6.07) is 0. The molecule has 1 aliphatic heterocycles. The Morgan fingerprint density at radius 1 is 0.929 bits per heavy atom. The molecule has 4 heteroatoms. The fourth-order valence-electron chi connectivity index (χ4n) is 4.36. The van der Waals surface area contributed by atoms with Gasteiger partial charge < -0.3 is 14.2 Å². The summed E-state index contributed by atoms with van der Waals surface area (Å²) in [5.74, 6) is -0.653. The maximum Gasteiger partial charge on any atom is 0.284 e. The van der Waals surface area contributed by atoms with Crippen LogP contribution in [0, 0.1) is 5.41 Å². The van der Waals surface area contributed by atoms with Crippen molar-refractivity contribution >= 4 is 5.78 Å². The normalized spacial score (nSPS) is 26.4. The van der Waals surface area contributed by atoms with Gasteiger partial charge in [0.15, 0.2) is 0 Å². The molecule has 4 nitrogen and oxygen atoms in total. The van der Waals surface area contributed by atoms with Crippen LogP contribution in [-0.4, -0.2) is 29.6 Å². The van der Waals surface area contributed by atoms with Gasteiger partial charge in [-0.05, 0) is 58.8 Å². The van der Waals surface area contributed by atoms with Crippen LogP contribution in [0.15, 0.2) is 0 Å². The molecule has 4 atom stereocenters. The molecule has 1 rings (SSSR count). The molecule has 0 spiro atoms. The zero-order valence-corrected chi connectivity index (χ0v) is 19.9. The van der Waals surface area contributed by atoms with E-state index >= 15 is 0 Å². The number of rotatable bonds is 14. The first-order valence-corrected chi connectivity index (χ1v) is 11.6. The molecule has 1 fully saturated rings. The van der Waals surface area contributed by atoms with Crippen LogP contribution in [0.3, 0.4) is 0 Å². The second kappa shape index (κ2) is 10.5. The number of ether oxygens (including phenoxy) is 3. The van der Waals surface area contributed by atoms with Gasteiger partial charge in [-0.3, -0.25) is 4.79 Å². The number of carbonyl (C=O) groups is 1. The van der Waals surface area contributed by atoms with E-state index in [2.05, 4.69) is 55.4 Å². The number of Topliss-reactive ketones (excluding diaryl/α,β-unsaturated/α-hetero) is 1. The van der Waals surface area contributed by atoms with Crippen LogP contribution >= 0.6 is 0 Å². The molecule has 4 unspecified atom stereocenters. The highest BCUT2D eigenvalue weighted by atomic mass is 16.9. The number of hydrogen-bond donors (Lipinski definition) is 0. The van der Waals surface area contributed by atoms with Crippen molar-refractivity contribution in [2.75, 3.05) is 6.61 Å². The molecule has 1 heterocycles. The molecule has 0 aromatic rings. The van der Waals surface area contributed by atoms with Crippen molar-refractivity contribution in [3.05, 3.63) is 0 Å². The Morgan fingerprint density at radius 3 is 1.96 bits per heavy atom. The zero-order chi connectivity index (χ0) is 21.5. The molecule has 0 aliphatic carbocycles. The maximum atomic E-state index is 12.8. The Bertz CT molecular complexity index is 485. The van der Waals surface area contributed by atoms with Crippen molar-refractivity contribution in [2.45, 2.75) is 137 Å². The van der Waals surface area contributed by atoms with Crippen LogP contribution < -0.4 is 0 Å². The van der Waals surface area contributed by atoms with Crippen molar-refractivity contribution in [3.63, 3.8) is 0 Å². The number of ketones is 1. The third-order valence-electron chi connectivity index (χ3n) is 6.72. The average Bonchev–Trinajstić information content (AvgIpc) is 3.09. The summed E-state index contributed by atoms with van der Waals surface area (Å²) < 4.78 is 19.4. The van der Waals surface area contributed by atoms with Gasteiger partial charge >= 0.3 is 0 Å². The summed E-state index contributed by atoms with van der Waals surface area (Å²) in [5.41, 5.74) is -1.11. The van der Waals surface area contributed by atoms with Crippen LogP contribution in [0.2, 0.25) is 0 Å². The van der Waals surface area contributed by atoms with E-state index in [4.69, 9.17) is 14.2 Å². The fraction of sp³-hybridized carbons (Fsp3) is 0.958. The van der Waals surface area contributed by atoms with E-state index < -0.39 is 11.6 Å². The Hall–Kier alpha value is -0.450. The topological polar surface area (TPSA) is 44.8 Å². The lowest BCUT2D eigenvalue weighted by atomic mass is 9.72. The second-order valence-electron chi connectivity index (χ2n) is 9.46. The van der Waals surface area contributed by atoms with Gasteiger partial charge in [-0.25, -0.2) is 0 Å². The molecule has 0 amide bonds. The highest BCUT2D eigenvalue weighted by molar-refractivity contribution is 5.84. The van der Waals surface area contributed by atoms with Crippen LogP contribution in [0.25, 0.3) is 0 Å². The first-order chi connectivity index (χ1) is 13.1. The zero-order valence-electron chi connectivity index (χ0n) is 19.9. The van der Waals surface area contributed by atoms with Crippen molar-refractivity contribution < 1.29 is 19.0 Å². The van der Waals surface area contributed by atoms with E-state index in [0.717, 1.165) is 51.4 Å². The van der Waals surface area contributed by atoms with Crippen LogP contribution in [-0.2, 0) is 19.0 Å². The Morgan fingerprint density at radius 2 is 1.54 bits per heavy atom. The van der Waals surface area contributed by atoms with E-state index in [1.165, 1.54) is 0 Å². The summed E-state index contributed by atoms with van der Waals surface area (Å²) >= 11 is 0. The average molecular weight is 399 g/mol. The molecule has 0 radical (unpaired) electrons.